The molecule has 2 atom stereocenters. The van der Waals surface area contributed by atoms with Crippen LogP contribution in [-0.4, -0.2) is 37.5 Å². The van der Waals surface area contributed by atoms with E-state index in [9.17, 15) is 0 Å². The highest BCUT2D eigenvalue weighted by Crippen LogP contribution is 1.92. The van der Waals surface area contributed by atoms with E-state index in [-0.39, 0.29) is 12.6 Å². The van der Waals surface area contributed by atoms with Crippen LogP contribution in [0.1, 0.15) is 20.3 Å². The SMILES string of the molecule is CC[C@H](CO)N[C@@H](C)COC. The summed E-state index contributed by atoms with van der Waals surface area (Å²) in [5.74, 6) is 0. The fraction of sp³-hybridized carbons (Fsp3) is 1.00. The summed E-state index contributed by atoms with van der Waals surface area (Å²) in [6.07, 6.45) is 0.949. The van der Waals surface area contributed by atoms with Crippen LogP contribution < -0.4 is 5.32 Å². The summed E-state index contributed by atoms with van der Waals surface area (Å²) in [5, 5.41) is 12.1. The fourth-order valence-electron chi connectivity index (χ4n) is 1.00. The van der Waals surface area contributed by atoms with Gasteiger partial charge >= 0.3 is 0 Å². The van der Waals surface area contributed by atoms with Crippen LogP contribution in [0.3, 0.4) is 0 Å². The number of nitrogens with one attached hydrogen (secondary N) is 1. The number of hydrogen-bond acceptors (Lipinski definition) is 3. The molecule has 3 heteroatoms. The van der Waals surface area contributed by atoms with Gasteiger partial charge in [0.2, 0.25) is 0 Å². The molecule has 68 valence electrons. The minimum atomic E-state index is 0.199. The molecule has 2 N–H and O–H groups in total. The Bertz CT molecular complexity index is 84.2. The number of hydrogen-bond donors (Lipinski definition) is 2. The Morgan fingerprint density at radius 3 is 2.55 bits per heavy atom. The molecule has 0 aromatic heterocycles. The van der Waals surface area contributed by atoms with E-state index in [1.165, 1.54) is 0 Å². The molecule has 0 rings (SSSR count). The van der Waals surface area contributed by atoms with E-state index in [0.717, 1.165) is 6.42 Å². The minimum Gasteiger partial charge on any atom is -0.395 e. The Hall–Kier alpha value is -0.120. The molecule has 0 radical (unpaired) electrons. The topological polar surface area (TPSA) is 41.5 Å². The molecule has 0 aliphatic heterocycles. The molecule has 0 aliphatic rings. The first-order valence-electron chi connectivity index (χ1n) is 4.10. The Morgan fingerprint density at radius 1 is 1.55 bits per heavy atom. The molecule has 0 spiro atoms. The maximum absolute atomic E-state index is 8.84. The largest absolute Gasteiger partial charge is 0.395 e. The molecule has 0 unspecified atom stereocenters. The Labute approximate surface area is 68.8 Å². The van der Waals surface area contributed by atoms with Crippen LogP contribution in [-0.2, 0) is 4.74 Å². The maximum Gasteiger partial charge on any atom is 0.0613 e. The van der Waals surface area contributed by atoms with Crippen molar-refractivity contribution in [3.8, 4) is 0 Å². The lowest BCUT2D eigenvalue weighted by atomic mass is 10.2. The van der Waals surface area contributed by atoms with E-state index in [4.69, 9.17) is 9.84 Å². The summed E-state index contributed by atoms with van der Waals surface area (Å²) in [7, 11) is 1.68. The van der Waals surface area contributed by atoms with Crippen LogP contribution in [0, 0.1) is 0 Å². The van der Waals surface area contributed by atoms with Gasteiger partial charge in [0.15, 0.2) is 0 Å². The molecular weight excluding hydrogens is 142 g/mol. The Morgan fingerprint density at radius 2 is 2.18 bits per heavy atom. The molecule has 0 amide bonds. The molecule has 3 nitrogen and oxygen atoms in total. The van der Waals surface area contributed by atoms with E-state index in [1.54, 1.807) is 7.11 Å². The van der Waals surface area contributed by atoms with Gasteiger partial charge in [0.1, 0.15) is 0 Å². The van der Waals surface area contributed by atoms with Crippen molar-refractivity contribution in [3.05, 3.63) is 0 Å². The van der Waals surface area contributed by atoms with Crippen molar-refractivity contribution in [2.45, 2.75) is 32.4 Å². The van der Waals surface area contributed by atoms with Gasteiger partial charge in [0.05, 0.1) is 13.2 Å². The highest BCUT2D eigenvalue weighted by atomic mass is 16.5. The summed E-state index contributed by atoms with van der Waals surface area (Å²) < 4.78 is 4.95. The fourth-order valence-corrected chi connectivity index (χ4v) is 1.00. The van der Waals surface area contributed by atoms with Crippen molar-refractivity contribution in [2.75, 3.05) is 20.3 Å². The molecule has 0 bridgehead atoms. The molecule has 0 aliphatic carbocycles. The predicted octanol–water partition coefficient (Wildman–Crippen LogP) is 0.382. The van der Waals surface area contributed by atoms with Gasteiger partial charge in [-0.1, -0.05) is 6.92 Å². The Balaban J connectivity index is 3.44. The number of rotatable bonds is 6. The number of aliphatic hydroxyl groups is 1. The van der Waals surface area contributed by atoms with Gasteiger partial charge in [-0.15, -0.1) is 0 Å². The summed E-state index contributed by atoms with van der Waals surface area (Å²) in [5.41, 5.74) is 0. The van der Waals surface area contributed by atoms with Gasteiger partial charge in [-0.05, 0) is 13.3 Å². The zero-order valence-corrected chi connectivity index (χ0v) is 7.63. The molecule has 0 aromatic rings. The molecule has 0 aromatic carbocycles. The van der Waals surface area contributed by atoms with E-state index < -0.39 is 0 Å². The zero-order chi connectivity index (χ0) is 8.69. The van der Waals surface area contributed by atoms with Gasteiger partial charge in [-0.25, -0.2) is 0 Å². The average Bonchev–Trinajstić information content (AvgIpc) is 2.01. The minimum absolute atomic E-state index is 0.199. The lowest BCUT2D eigenvalue weighted by Crippen LogP contribution is -2.40. The normalized spacial score (nSPS) is 16.4. The monoisotopic (exact) mass is 161 g/mol. The highest BCUT2D eigenvalue weighted by Gasteiger charge is 2.07. The first-order chi connectivity index (χ1) is 5.24. The summed E-state index contributed by atoms with van der Waals surface area (Å²) in [6, 6.07) is 0.525. The van der Waals surface area contributed by atoms with Gasteiger partial charge in [0, 0.05) is 19.2 Å². The second-order valence-corrected chi connectivity index (χ2v) is 2.81. The van der Waals surface area contributed by atoms with Crippen molar-refractivity contribution >= 4 is 0 Å². The second-order valence-electron chi connectivity index (χ2n) is 2.81. The van der Waals surface area contributed by atoms with E-state index in [0.29, 0.717) is 12.6 Å². The van der Waals surface area contributed by atoms with Crippen molar-refractivity contribution in [1.82, 2.24) is 5.32 Å². The molecule has 0 saturated heterocycles. The van der Waals surface area contributed by atoms with E-state index >= 15 is 0 Å². The van der Waals surface area contributed by atoms with Crippen LogP contribution >= 0.6 is 0 Å². The van der Waals surface area contributed by atoms with Gasteiger partial charge in [-0.2, -0.15) is 0 Å². The molecular formula is C8H19NO2. The zero-order valence-electron chi connectivity index (χ0n) is 7.63. The van der Waals surface area contributed by atoms with Crippen LogP contribution in [0.15, 0.2) is 0 Å². The van der Waals surface area contributed by atoms with Crippen LogP contribution in [0.5, 0.6) is 0 Å². The van der Waals surface area contributed by atoms with Gasteiger partial charge < -0.3 is 15.2 Å². The van der Waals surface area contributed by atoms with E-state index in [2.05, 4.69) is 5.32 Å². The third kappa shape index (κ3) is 5.18. The van der Waals surface area contributed by atoms with Crippen molar-refractivity contribution in [3.63, 3.8) is 0 Å². The number of aliphatic hydroxyl groups excluding tert-OH is 1. The average molecular weight is 161 g/mol. The third-order valence-electron chi connectivity index (χ3n) is 1.65. The molecule has 0 heterocycles. The van der Waals surface area contributed by atoms with Gasteiger partial charge in [0.25, 0.3) is 0 Å². The van der Waals surface area contributed by atoms with Crippen molar-refractivity contribution in [2.24, 2.45) is 0 Å². The third-order valence-corrected chi connectivity index (χ3v) is 1.65. The standard InChI is InChI=1S/C8H19NO2/c1-4-8(5-10)9-7(2)6-11-3/h7-10H,4-6H2,1-3H3/t7-,8+/m0/s1. The maximum atomic E-state index is 8.84. The van der Waals surface area contributed by atoms with Crippen molar-refractivity contribution < 1.29 is 9.84 Å². The number of ether oxygens (including phenoxy) is 1. The van der Waals surface area contributed by atoms with Crippen LogP contribution in [0.25, 0.3) is 0 Å². The summed E-state index contributed by atoms with van der Waals surface area (Å²) in [4.78, 5) is 0. The highest BCUT2D eigenvalue weighted by molar-refractivity contribution is 4.68. The second kappa shape index (κ2) is 6.58. The first kappa shape index (κ1) is 10.9. The van der Waals surface area contributed by atoms with Crippen LogP contribution in [0.2, 0.25) is 0 Å². The number of methoxy groups -OCH3 is 1. The van der Waals surface area contributed by atoms with Crippen LogP contribution in [0.4, 0.5) is 0 Å². The van der Waals surface area contributed by atoms with Crippen molar-refractivity contribution in [1.29, 1.82) is 0 Å². The predicted molar refractivity (Wildman–Crippen MR) is 45.6 cm³/mol. The quantitative estimate of drug-likeness (QED) is 0.592. The summed E-state index contributed by atoms with van der Waals surface area (Å²) >= 11 is 0. The van der Waals surface area contributed by atoms with Gasteiger partial charge in [-0.3, -0.25) is 0 Å². The van der Waals surface area contributed by atoms with E-state index in [1.807, 2.05) is 13.8 Å². The Kier molecular flexibility index (Phi) is 6.51. The smallest absolute Gasteiger partial charge is 0.0613 e. The summed E-state index contributed by atoms with van der Waals surface area (Å²) in [6.45, 7) is 4.98. The molecule has 11 heavy (non-hydrogen) atoms. The first-order valence-corrected chi connectivity index (χ1v) is 4.10. The molecule has 0 saturated carbocycles. The molecule has 0 fully saturated rings. The lowest BCUT2D eigenvalue weighted by molar-refractivity contribution is 0.153. The lowest BCUT2D eigenvalue weighted by Gasteiger charge is -2.19.